The third-order valence-corrected chi connectivity index (χ3v) is 7.57. The number of fused-ring (bicyclic) bond motifs is 5. The fourth-order valence-electron chi connectivity index (χ4n) is 5.13. The Balaban J connectivity index is 1.41. The molecular formula is C34H45N5O6. The normalized spacial score (nSPS) is 13.1. The van der Waals surface area contributed by atoms with Crippen LogP contribution in [-0.4, -0.2) is 70.2 Å². The lowest BCUT2D eigenvalue weighted by atomic mass is 9.95. The second-order valence-corrected chi connectivity index (χ2v) is 11.9. The van der Waals surface area contributed by atoms with Crippen molar-refractivity contribution in [2.75, 3.05) is 31.3 Å². The van der Waals surface area contributed by atoms with Crippen molar-refractivity contribution in [2.45, 2.75) is 78.7 Å². The van der Waals surface area contributed by atoms with Crippen molar-refractivity contribution in [3.8, 4) is 22.5 Å². The summed E-state index contributed by atoms with van der Waals surface area (Å²) in [5.41, 5.74) is 4.18. The zero-order chi connectivity index (χ0) is 32.3. The van der Waals surface area contributed by atoms with Crippen LogP contribution in [0.4, 0.5) is 5.69 Å². The molecule has 1 aliphatic rings. The van der Waals surface area contributed by atoms with Crippen LogP contribution in [0.5, 0.6) is 0 Å². The summed E-state index contributed by atoms with van der Waals surface area (Å²) in [6.45, 7) is 9.23. The number of nitrogens with zero attached hydrogens (tertiary/aromatic N) is 4. The van der Waals surface area contributed by atoms with Gasteiger partial charge in [-0.1, -0.05) is 61.5 Å². The Morgan fingerprint density at radius 2 is 1.67 bits per heavy atom. The van der Waals surface area contributed by atoms with Gasteiger partial charge >= 0.3 is 0 Å². The molecular weight excluding hydrogens is 574 g/mol. The summed E-state index contributed by atoms with van der Waals surface area (Å²) in [7, 11) is 0. The highest BCUT2D eigenvalue weighted by molar-refractivity contribution is 6.01. The smallest absolute Gasteiger partial charge is 0.227 e. The number of carbonyl (C=O) groups is 3. The van der Waals surface area contributed by atoms with E-state index in [4.69, 9.17) is 9.47 Å². The topological polar surface area (TPSA) is 136 Å². The van der Waals surface area contributed by atoms with Crippen molar-refractivity contribution in [3.05, 3.63) is 54.1 Å². The summed E-state index contributed by atoms with van der Waals surface area (Å²) in [6.07, 6.45) is 0.743. The van der Waals surface area contributed by atoms with Crippen LogP contribution in [0.25, 0.3) is 22.5 Å². The third-order valence-electron chi connectivity index (χ3n) is 7.57. The maximum absolute atomic E-state index is 13.7. The molecule has 2 N–H and O–H groups in total. The molecule has 2 aromatic carbocycles. The molecule has 242 valence electrons. The first kappa shape index (κ1) is 34.0. The van der Waals surface area contributed by atoms with E-state index in [0.29, 0.717) is 61.2 Å². The molecule has 2 amide bonds. The van der Waals surface area contributed by atoms with Gasteiger partial charge in [0.15, 0.2) is 6.23 Å². The molecule has 45 heavy (non-hydrogen) atoms. The molecule has 11 nitrogen and oxygen atoms in total. The maximum atomic E-state index is 13.7. The number of benzene rings is 2. The molecule has 1 aromatic heterocycles. The molecule has 4 rings (SSSR count). The minimum absolute atomic E-state index is 0.0122. The number of para-hydroxylation sites is 1. The molecule has 0 saturated heterocycles. The molecule has 0 bridgehead atoms. The van der Waals surface area contributed by atoms with Gasteiger partial charge in [0.25, 0.3) is 0 Å². The fourth-order valence-corrected chi connectivity index (χ4v) is 5.13. The molecule has 0 spiro atoms. The number of hydrogen-bond donors (Lipinski definition) is 2. The quantitative estimate of drug-likeness (QED) is 0.221. The Morgan fingerprint density at radius 3 is 2.42 bits per heavy atom. The lowest BCUT2D eigenvalue weighted by molar-refractivity contribution is -0.125. The lowest BCUT2D eigenvalue weighted by Gasteiger charge is -2.29. The molecule has 2 heterocycles. The van der Waals surface area contributed by atoms with Crippen LogP contribution < -0.4 is 10.2 Å². The van der Waals surface area contributed by atoms with E-state index in [0.717, 1.165) is 17.5 Å². The van der Waals surface area contributed by atoms with Gasteiger partial charge in [-0.3, -0.25) is 14.4 Å². The molecule has 11 heteroatoms. The number of ether oxygens (including phenoxy) is 2. The van der Waals surface area contributed by atoms with Gasteiger partial charge in [-0.2, -0.15) is 0 Å². The SMILES string of the molecule is CC(C)CCC(=O)CCOCCNC(=O)CCC(=O)N1Cc2ccccc2-c2c(nnn2C(O)COC(C)C)-c2ccccc21. The zero-order valence-electron chi connectivity index (χ0n) is 26.7. The van der Waals surface area contributed by atoms with Gasteiger partial charge in [-0.15, -0.1) is 5.10 Å². The van der Waals surface area contributed by atoms with Gasteiger partial charge in [0.2, 0.25) is 11.8 Å². The van der Waals surface area contributed by atoms with E-state index in [1.165, 1.54) is 4.68 Å². The summed E-state index contributed by atoms with van der Waals surface area (Å²) in [4.78, 5) is 39.8. The average Bonchev–Trinajstić information content (AvgIpc) is 3.46. The van der Waals surface area contributed by atoms with Gasteiger partial charge in [0.1, 0.15) is 17.2 Å². The van der Waals surface area contributed by atoms with Crippen molar-refractivity contribution in [1.29, 1.82) is 0 Å². The number of carbonyl (C=O) groups excluding carboxylic acids is 3. The fraction of sp³-hybridized carbons (Fsp3) is 0.500. The van der Waals surface area contributed by atoms with Crippen molar-refractivity contribution < 1.29 is 29.0 Å². The summed E-state index contributed by atoms with van der Waals surface area (Å²) in [5, 5.41) is 22.6. The van der Waals surface area contributed by atoms with E-state index in [1.807, 2.05) is 62.4 Å². The standard InChI is InChI=1S/C34H45N5O6/c1-23(2)13-14-26(40)17-19-44-20-18-35-30(41)15-16-31(42)38-21-25-9-5-6-10-27(25)34-33(28-11-7-8-12-29(28)38)36-37-39(34)32(43)22-45-24(3)4/h5-12,23-24,32,43H,13-22H2,1-4H3,(H,35,41). The first-order valence-corrected chi connectivity index (χ1v) is 15.7. The highest BCUT2D eigenvalue weighted by Gasteiger charge is 2.30. The second-order valence-electron chi connectivity index (χ2n) is 11.9. The number of Topliss-reactive ketones (excluding diaryl/α,β-unsaturated/α-hetero) is 1. The van der Waals surface area contributed by atoms with Crippen LogP contribution in [0.3, 0.4) is 0 Å². The van der Waals surface area contributed by atoms with Gasteiger partial charge in [-0.05, 0) is 37.8 Å². The predicted molar refractivity (Wildman–Crippen MR) is 171 cm³/mol. The van der Waals surface area contributed by atoms with E-state index in [-0.39, 0.29) is 49.7 Å². The number of ketones is 1. The molecule has 1 aliphatic heterocycles. The van der Waals surface area contributed by atoms with Crippen LogP contribution in [-0.2, 0) is 30.4 Å². The van der Waals surface area contributed by atoms with Crippen LogP contribution in [0.2, 0.25) is 0 Å². The zero-order valence-corrected chi connectivity index (χ0v) is 26.7. The van der Waals surface area contributed by atoms with Crippen LogP contribution in [0.15, 0.2) is 48.5 Å². The van der Waals surface area contributed by atoms with E-state index in [1.54, 1.807) is 4.90 Å². The molecule has 3 aromatic rings. The molecule has 1 atom stereocenters. The summed E-state index contributed by atoms with van der Waals surface area (Å²) < 4.78 is 12.6. The van der Waals surface area contributed by atoms with Gasteiger partial charge in [0.05, 0.1) is 38.2 Å². The Hall–Kier alpha value is -3.93. The van der Waals surface area contributed by atoms with Crippen molar-refractivity contribution >= 4 is 23.3 Å². The first-order chi connectivity index (χ1) is 21.7. The van der Waals surface area contributed by atoms with Crippen LogP contribution >= 0.6 is 0 Å². The van der Waals surface area contributed by atoms with E-state index in [2.05, 4.69) is 29.5 Å². The van der Waals surface area contributed by atoms with E-state index < -0.39 is 6.23 Å². The van der Waals surface area contributed by atoms with Crippen LogP contribution in [0, 0.1) is 5.92 Å². The Bertz CT molecular complexity index is 1450. The monoisotopic (exact) mass is 619 g/mol. The van der Waals surface area contributed by atoms with Gasteiger partial charge in [-0.25, -0.2) is 4.68 Å². The molecule has 1 unspecified atom stereocenters. The molecule has 0 aliphatic carbocycles. The summed E-state index contributed by atoms with van der Waals surface area (Å²) >= 11 is 0. The number of amides is 2. The predicted octanol–water partition coefficient (Wildman–Crippen LogP) is 4.68. The number of aromatic nitrogens is 3. The third kappa shape index (κ3) is 9.29. The number of hydrogen-bond acceptors (Lipinski definition) is 8. The molecule has 0 fully saturated rings. The Morgan fingerprint density at radius 1 is 0.933 bits per heavy atom. The highest BCUT2D eigenvalue weighted by Crippen LogP contribution is 2.41. The summed E-state index contributed by atoms with van der Waals surface area (Å²) in [6, 6.07) is 15.1. The van der Waals surface area contributed by atoms with Crippen molar-refractivity contribution in [2.24, 2.45) is 5.92 Å². The number of rotatable bonds is 16. The number of anilines is 1. The number of aliphatic hydroxyl groups excluding tert-OH is 1. The number of nitrogens with one attached hydrogen (secondary N) is 1. The average molecular weight is 620 g/mol. The first-order valence-electron chi connectivity index (χ1n) is 15.7. The Labute approximate surface area is 264 Å². The summed E-state index contributed by atoms with van der Waals surface area (Å²) in [5.74, 6) is 0.235. The molecule has 0 radical (unpaired) electrons. The van der Waals surface area contributed by atoms with Gasteiger partial charge in [0, 0.05) is 43.4 Å². The van der Waals surface area contributed by atoms with Gasteiger partial charge < -0.3 is 24.8 Å². The second kappa shape index (κ2) is 16.4. The lowest BCUT2D eigenvalue weighted by Crippen LogP contribution is -2.34. The highest BCUT2D eigenvalue weighted by atomic mass is 16.5. The largest absolute Gasteiger partial charge is 0.379 e. The molecule has 0 saturated carbocycles. The van der Waals surface area contributed by atoms with Crippen LogP contribution in [0.1, 0.15) is 71.6 Å². The Kier molecular flexibility index (Phi) is 12.4. The number of aliphatic hydroxyl groups is 1. The van der Waals surface area contributed by atoms with Crippen molar-refractivity contribution in [1.82, 2.24) is 20.3 Å². The van der Waals surface area contributed by atoms with E-state index in [9.17, 15) is 19.5 Å². The minimum Gasteiger partial charge on any atom is -0.379 e. The van der Waals surface area contributed by atoms with Crippen molar-refractivity contribution in [3.63, 3.8) is 0 Å². The van der Waals surface area contributed by atoms with E-state index >= 15 is 0 Å². The minimum atomic E-state index is -1.05. The maximum Gasteiger partial charge on any atom is 0.227 e.